The van der Waals surface area contributed by atoms with Gasteiger partial charge in [-0.25, -0.2) is 4.39 Å². The van der Waals surface area contributed by atoms with Crippen molar-refractivity contribution in [1.29, 1.82) is 0 Å². The molecule has 0 aromatic heterocycles. The summed E-state index contributed by atoms with van der Waals surface area (Å²) < 4.78 is 25.8. The van der Waals surface area contributed by atoms with Crippen molar-refractivity contribution in [2.75, 3.05) is 11.5 Å². The molecule has 0 amide bonds. The van der Waals surface area contributed by atoms with Gasteiger partial charge in [0.1, 0.15) is 5.82 Å². The van der Waals surface area contributed by atoms with E-state index in [1.807, 2.05) is 27.7 Å². The zero-order valence-electron chi connectivity index (χ0n) is 14.7. The molecule has 0 radical (unpaired) electrons. The van der Waals surface area contributed by atoms with Crippen LogP contribution in [0.2, 0.25) is 0 Å². The van der Waals surface area contributed by atoms with Gasteiger partial charge >= 0.3 is 7.12 Å². The number of rotatable bonds is 4. The van der Waals surface area contributed by atoms with Crippen LogP contribution in [0.15, 0.2) is 23.7 Å². The van der Waals surface area contributed by atoms with Crippen LogP contribution in [0.3, 0.4) is 0 Å². The molecule has 2 rings (SSSR count). The second kappa shape index (κ2) is 6.90. The van der Waals surface area contributed by atoms with Crippen molar-refractivity contribution >= 4 is 35.8 Å². The monoisotopic (exact) mass is 351 g/mol. The molecule has 0 spiro atoms. The Morgan fingerprint density at radius 3 is 2.38 bits per heavy atom. The first-order chi connectivity index (χ1) is 11.0. The first-order valence-electron chi connectivity index (χ1n) is 7.76. The van der Waals surface area contributed by atoms with Gasteiger partial charge in [0, 0.05) is 12.7 Å². The van der Waals surface area contributed by atoms with E-state index in [1.165, 1.54) is 30.8 Å². The highest BCUT2D eigenvalue weighted by atomic mass is 32.2. The molecular formula is C17H23BFNO3S. The number of hydrogen-bond acceptors (Lipinski definition) is 5. The van der Waals surface area contributed by atoms with Crippen LogP contribution in [0.4, 0.5) is 10.1 Å². The normalized spacial score (nSPS) is 19.6. The molecule has 1 heterocycles. The highest BCUT2D eigenvalue weighted by Gasteiger charge is 2.52. The van der Waals surface area contributed by atoms with Gasteiger partial charge in [0.2, 0.25) is 0 Å². The second-order valence-corrected chi connectivity index (χ2v) is 8.02. The fraction of sp³-hybridized carbons (Fsp3) is 0.471. The number of anilines is 1. The third-order valence-corrected chi connectivity index (χ3v) is 5.26. The maximum absolute atomic E-state index is 13.7. The lowest BCUT2D eigenvalue weighted by molar-refractivity contribution is -0.109. The van der Waals surface area contributed by atoms with E-state index in [2.05, 4.69) is 0 Å². The number of thioether (sulfide) groups is 1. The van der Waals surface area contributed by atoms with Gasteiger partial charge in [-0.1, -0.05) is 23.9 Å². The highest BCUT2D eigenvalue weighted by molar-refractivity contribution is 8.13. The molecule has 1 fully saturated rings. The maximum atomic E-state index is 13.7. The fourth-order valence-corrected chi connectivity index (χ4v) is 2.79. The van der Waals surface area contributed by atoms with E-state index in [1.54, 1.807) is 12.1 Å². The summed E-state index contributed by atoms with van der Waals surface area (Å²) >= 11 is 1.17. The van der Waals surface area contributed by atoms with Crippen LogP contribution in [0.1, 0.15) is 40.2 Å². The molecule has 7 heteroatoms. The summed E-state index contributed by atoms with van der Waals surface area (Å²) in [5.74, 6) is -0.0609. The van der Waals surface area contributed by atoms with E-state index in [-0.39, 0.29) is 10.8 Å². The average Bonchev–Trinajstić information content (AvgIpc) is 2.67. The third-order valence-electron chi connectivity index (χ3n) is 4.37. The Labute approximate surface area is 147 Å². The largest absolute Gasteiger partial charge is 0.491 e. The Balaban J connectivity index is 2.33. The van der Waals surface area contributed by atoms with Crippen molar-refractivity contribution in [2.45, 2.75) is 45.8 Å². The summed E-state index contributed by atoms with van der Waals surface area (Å²) in [6.07, 6.45) is 1.79. The molecule has 1 aromatic carbocycles. The van der Waals surface area contributed by atoms with Crippen LogP contribution in [-0.4, -0.2) is 29.2 Å². The molecule has 1 saturated heterocycles. The van der Waals surface area contributed by atoms with E-state index < -0.39 is 24.1 Å². The van der Waals surface area contributed by atoms with Crippen molar-refractivity contribution < 1.29 is 18.5 Å². The molecule has 0 atom stereocenters. The number of halogens is 1. The lowest BCUT2D eigenvalue weighted by atomic mass is 9.78. The smallest absolute Gasteiger partial charge is 0.400 e. The molecule has 1 aromatic rings. The predicted molar refractivity (Wildman–Crippen MR) is 98.0 cm³/mol. The zero-order valence-corrected chi connectivity index (χ0v) is 15.5. The van der Waals surface area contributed by atoms with Crippen LogP contribution in [0, 0.1) is 5.82 Å². The van der Waals surface area contributed by atoms with Gasteiger partial charge in [0.25, 0.3) is 0 Å². The summed E-state index contributed by atoms with van der Waals surface area (Å²) in [5, 5.41) is 0.000837. The second-order valence-electron chi connectivity index (χ2n) is 6.87. The van der Waals surface area contributed by atoms with Crippen LogP contribution >= 0.6 is 11.8 Å². The average molecular weight is 351 g/mol. The molecule has 0 saturated carbocycles. The van der Waals surface area contributed by atoms with Gasteiger partial charge in [0.15, 0.2) is 5.12 Å². The lowest BCUT2D eigenvalue weighted by Crippen LogP contribution is -2.41. The Hall–Kier alpha value is -1.31. The van der Waals surface area contributed by atoms with Crippen molar-refractivity contribution in [3.63, 3.8) is 0 Å². The van der Waals surface area contributed by atoms with E-state index in [9.17, 15) is 9.18 Å². The van der Waals surface area contributed by atoms with Gasteiger partial charge in [-0.05, 0) is 50.9 Å². The first-order valence-corrected chi connectivity index (χ1v) is 8.75. The Kier molecular flexibility index (Phi) is 5.47. The summed E-state index contributed by atoms with van der Waals surface area (Å²) in [6.45, 7) is 9.36. The van der Waals surface area contributed by atoms with Crippen molar-refractivity contribution in [3.8, 4) is 0 Å². The van der Waals surface area contributed by atoms with Gasteiger partial charge in [-0.15, -0.1) is 0 Å². The fourth-order valence-electron chi connectivity index (χ4n) is 2.20. The zero-order chi connectivity index (χ0) is 18.1. The third kappa shape index (κ3) is 4.20. The minimum atomic E-state index is -0.581. The molecule has 130 valence electrons. The first kappa shape index (κ1) is 19.0. The molecule has 0 unspecified atom stereocenters. The molecular weight excluding hydrogens is 328 g/mol. The SMILES string of the molecule is CC(=O)SCC(=Cc1ccc(N)c(F)c1)B1OC(C)(C)C(C)(C)O1. The summed E-state index contributed by atoms with van der Waals surface area (Å²) in [5.41, 5.74) is 6.08. The number of carbonyl (C=O) groups is 1. The quantitative estimate of drug-likeness (QED) is 0.662. The van der Waals surface area contributed by atoms with E-state index in [4.69, 9.17) is 15.0 Å². The van der Waals surface area contributed by atoms with Gasteiger partial charge < -0.3 is 15.0 Å². The van der Waals surface area contributed by atoms with E-state index >= 15 is 0 Å². The van der Waals surface area contributed by atoms with Crippen molar-refractivity contribution in [3.05, 3.63) is 35.1 Å². The van der Waals surface area contributed by atoms with Crippen molar-refractivity contribution in [2.24, 2.45) is 0 Å². The number of hydrogen-bond donors (Lipinski definition) is 1. The summed E-state index contributed by atoms with van der Waals surface area (Å²) in [6, 6.07) is 4.60. The van der Waals surface area contributed by atoms with Crippen LogP contribution in [0.5, 0.6) is 0 Å². The van der Waals surface area contributed by atoms with Gasteiger partial charge in [-0.2, -0.15) is 0 Å². The molecule has 0 bridgehead atoms. The number of nitrogen functional groups attached to an aromatic ring is 1. The maximum Gasteiger partial charge on any atom is 0.491 e. The van der Waals surface area contributed by atoms with Gasteiger partial charge in [-0.3, -0.25) is 4.79 Å². The Bertz CT molecular complexity index is 660. The predicted octanol–water partition coefficient (Wildman–Crippen LogP) is 3.70. The number of benzene rings is 1. The molecule has 1 aliphatic heterocycles. The van der Waals surface area contributed by atoms with Crippen LogP contribution in [-0.2, 0) is 14.1 Å². The van der Waals surface area contributed by atoms with Gasteiger partial charge in [0.05, 0.1) is 16.9 Å². The molecule has 1 aliphatic rings. The topological polar surface area (TPSA) is 61.6 Å². The Morgan fingerprint density at radius 2 is 1.88 bits per heavy atom. The summed E-state index contributed by atoms with van der Waals surface area (Å²) in [7, 11) is -0.581. The highest BCUT2D eigenvalue weighted by Crippen LogP contribution is 2.39. The van der Waals surface area contributed by atoms with Crippen LogP contribution in [0.25, 0.3) is 6.08 Å². The minimum absolute atomic E-state index is 0.000837. The minimum Gasteiger partial charge on any atom is -0.400 e. The molecule has 4 nitrogen and oxygen atoms in total. The molecule has 2 N–H and O–H groups in total. The summed E-state index contributed by atoms with van der Waals surface area (Å²) in [4.78, 5) is 11.3. The van der Waals surface area contributed by atoms with E-state index in [0.717, 1.165) is 5.47 Å². The van der Waals surface area contributed by atoms with E-state index in [0.29, 0.717) is 11.3 Å². The number of nitrogens with two attached hydrogens (primary N) is 1. The standard InChI is InChI=1S/C17H23BFNO3S/c1-11(21)24-10-13(8-12-6-7-15(20)14(19)9-12)18-22-16(2,3)17(4,5)23-18/h6-9H,10,20H2,1-5H3. The Morgan fingerprint density at radius 1 is 1.29 bits per heavy atom. The lowest BCUT2D eigenvalue weighted by Gasteiger charge is -2.32. The molecule has 24 heavy (non-hydrogen) atoms. The van der Waals surface area contributed by atoms with Crippen molar-refractivity contribution in [1.82, 2.24) is 0 Å². The molecule has 0 aliphatic carbocycles. The number of carbonyl (C=O) groups excluding carboxylic acids is 1. The van der Waals surface area contributed by atoms with Crippen LogP contribution < -0.4 is 5.73 Å².